The Labute approximate surface area is 197 Å². The van der Waals surface area contributed by atoms with Crippen LogP contribution in [0, 0.1) is 20.7 Å². The van der Waals surface area contributed by atoms with Gasteiger partial charge in [0.2, 0.25) is 0 Å². The van der Waals surface area contributed by atoms with Crippen molar-refractivity contribution < 1.29 is 14.3 Å². The van der Waals surface area contributed by atoms with Crippen LogP contribution in [0.4, 0.5) is 9.18 Å². The molecule has 1 saturated heterocycles. The molecule has 4 rings (SSSR count). The van der Waals surface area contributed by atoms with Gasteiger partial charge in [-0.05, 0) is 63.7 Å². The minimum absolute atomic E-state index is 0.0962. The summed E-state index contributed by atoms with van der Waals surface area (Å²) in [6, 6.07) is 3.48. The summed E-state index contributed by atoms with van der Waals surface area (Å²) in [5.74, 6) is -0.412. The quantitative estimate of drug-likeness (QED) is 0.244. The molecule has 1 aromatic carbocycles. The number of aromatic nitrogens is 3. The largest absolute Gasteiger partial charge is 0.465 e. The molecule has 0 bridgehead atoms. The summed E-state index contributed by atoms with van der Waals surface area (Å²) in [6.45, 7) is 0.323. The minimum Gasteiger partial charge on any atom is -0.465 e. The summed E-state index contributed by atoms with van der Waals surface area (Å²) in [4.78, 5) is 17.4. The van der Waals surface area contributed by atoms with Gasteiger partial charge in [0.15, 0.2) is 5.82 Å². The number of benzene rings is 1. The van der Waals surface area contributed by atoms with Gasteiger partial charge in [0, 0.05) is 15.5 Å². The number of carboxylic acid groups (broad SMARTS) is 1. The Balaban J connectivity index is 1.90. The van der Waals surface area contributed by atoms with Gasteiger partial charge in [0.05, 0.1) is 46.1 Å². The van der Waals surface area contributed by atoms with E-state index in [1.165, 1.54) is 16.7 Å². The van der Waals surface area contributed by atoms with E-state index in [0.29, 0.717) is 34.3 Å². The van der Waals surface area contributed by atoms with Crippen LogP contribution < -0.4 is 0 Å². The molecule has 30 heavy (non-hydrogen) atoms. The molecule has 0 spiro atoms. The Hall–Kier alpha value is -1.65. The van der Waals surface area contributed by atoms with Crippen molar-refractivity contribution in [1.82, 2.24) is 19.7 Å². The third-order valence-corrected chi connectivity index (χ3v) is 8.50. The number of halogens is 3. The van der Waals surface area contributed by atoms with Gasteiger partial charge in [-0.25, -0.2) is 14.2 Å². The number of nitriles is 1. The van der Waals surface area contributed by atoms with Gasteiger partial charge < -0.3 is 10.0 Å². The minimum atomic E-state index is -1.01. The fourth-order valence-corrected chi connectivity index (χ4v) is 5.46. The Bertz CT molecular complexity index is 1210. The summed E-state index contributed by atoms with van der Waals surface area (Å²) in [7, 11) is 0. The number of piperidine rings is 1. The predicted octanol–water partition coefficient (Wildman–Crippen LogP) is 5.41. The van der Waals surface area contributed by atoms with Gasteiger partial charge in [-0.3, -0.25) is 4.68 Å². The molecule has 0 aliphatic carbocycles. The highest BCUT2D eigenvalue weighted by Crippen LogP contribution is 2.39. The Morgan fingerprint density at radius 1 is 1.53 bits per heavy atom. The van der Waals surface area contributed by atoms with Crippen LogP contribution in [0.2, 0.25) is 0 Å². The fraction of sp³-hybridized carbons (Fsp3) is 0.368. The van der Waals surface area contributed by atoms with E-state index in [4.69, 9.17) is 5.26 Å². The second kappa shape index (κ2) is 8.47. The zero-order valence-electron chi connectivity index (χ0n) is 15.8. The van der Waals surface area contributed by atoms with Crippen LogP contribution in [0.15, 0.2) is 21.8 Å². The van der Waals surface area contributed by atoms with E-state index in [0.717, 1.165) is 14.5 Å². The van der Waals surface area contributed by atoms with Crippen molar-refractivity contribution in [3.8, 4) is 6.07 Å². The molecule has 1 fully saturated rings. The van der Waals surface area contributed by atoms with Crippen LogP contribution in [0.25, 0.3) is 21.8 Å². The van der Waals surface area contributed by atoms with E-state index < -0.39 is 18.0 Å². The molecule has 7 nitrogen and oxygen atoms in total. The highest BCUT2D eigenvalue weighted by atomic mass is 127. The molecule has 1 amide bonds. The average Bonchev–Trinajstić information content (AvgIpc) is 3.17. The Morgan fingerprint density at radius 3 is 2.97 bits per heavy atom. The van der Waals surface area contributed by atoms with Crippen molar-refractivity contribution in [2.45, 2.75) is 36.4 Å². The summed E-state index contributed by atoms with van der Waals surface area (Å²) in [5.41, 5.74) is 1.07. The first-order chi connectivity index (χ1) is 14.4. The first kappa shape index (κ1) is 21.6. The number of thioether (sulfide) groups is 1. The van der Waals surface area contributed by atoms with E-state index in [-0.39, 0.29) is 18.0 Å². The van der Waals surface area contributed by atoms with Crippen LogP contribution in [0.3, 0.4) is 0 Å². The molecule has 156 valence electrons. The van der Waals surface area contributed by atoms with Gasteiger partial charge in [-0.1, -0.05) is 0 Å². The smallest absolute Gasteiger partial charge is 0.407 e. The number of carbonyl (C=O) groups is 1. The van der Waals surface area contributed by atoms with E-state index in [9.17, 15) is 9.90 Å². The maximum absolute atomic E-state index is 15.0. The van der Waals surface area contributed by atoms with Gasteiger partial charge in [0.1, 0.15) is 10.5 Å². The zero-order valence-corrected chi connectivity index (χ0v) is 20.3. The first-order valence-corrected chi connectivity index (χ1v) is 12.2. The third-order valence-electron chi connectivity index (χ3n) is 5.43. The van der Waals surface area contributed by atoms with Crippen molar-refractivity contribution in [2.75, 3.05) is 12.8 Å². The van der Waals surface area contributed by atoms with Crippen LogP contribution in [0.5, 0.6) is 0 Å². The number of hydrogen-bond donors (Lipinski definition) is 1. The fourth-order valence-electron chi connectivity index (χ4n) is 4.06. The molecule has 0 radical (unpaired) electrons. The highest BCUT2D eigenvalue weighted by molar-refractivity contribution is 14.1. The topological polar surface area (TPSA) is 95.0 Å². The molecule has 1 N–H and O–H groups in total. The average molecular weight is 604 g/mol. The second-order valence-electron chi connectivity index (χ2n) is 7.03. The SMILES string of the molecule is CSc1nc2c(F)c(Br)c(I)cc2c2c1cnn2[C@H]1CCN(C(=O)O)[C@H](CC#N)C1. The molecule has 2 atom stereocenters. The molecular weight excluding hydrogens is 588 g/mol. The number of fused-ring (bicyclic) bond motifs is 3. The molecule has 11 heteroatoms. The molecule has 0 saturated carbocycles. The first-order valence-electron chi connectivity index (χ1n) is 9.12. The predicted molar refractivity (Wildman–Crippen MR) is 124 cm³/mol. The van der Waals surface area contributed by atoms with Crippen LogP contribution >= 0.6 is 50.3 Å². The van der Waals surface area contributed by atoms with Crippen molar-refractivity contribution in [3.63, 3.8) is 0 Å². The summed E-state index contributed by atoms with van der Waals surface area (Å²) in [5, 5.41) is 25.4. The monoisotopic (exact) mass is 603 g/mol. The van der Waals surface area contributed by atoms with Crippen molar-refractivity contribution in [3.05, 3.63) is 26.1 Å². The van der Waals surface area contributed by atoms with Crippen molar-refractivity contribution >= 4 is 78.2 Å². The summed E-state index contributed by atoms with van der Waals surface area (Å²) >= 11 is 6.81. The van der Waals surface area contributed by atoms with E-state index in [1.54, 1.807) is 6.20 Å². The molecule has 2 aromatic heterocycles. The zero-order chi connectivity index (χ0) is 21.6. The lowest BCUT2D eigenvalue weighted by Crippen LogP contribution is -2.45. The Kier molecular flexibility index (Phi) is 6.09. The maximum Gasteiger partial charge on any atom is 0.407 e. The van der Waals surface area contributed by atoms with E-state index in [2.05, 4.69) is 54.7 Å². The van der Waals surface area contributed by atoms with Crippen molar-refractivity contribution in [2.24, 2.45) is 0 Å². The Morgan fingerprint density at radius 2 is 2.30 bits per heavy atom. The van der Waals surface area contributed by atoms with E-state index in [1.807, 2.05) is 17.0 Å². The normalized spacial score (nSPS) is 19.4. The molecule has 3 aromatic rings. The molecular formula is C19H16BrFIN5O2S. The molecule has 0 unspecified atom stereocenters. The lowest BCUT2D eigenvalue weighted by atomic mass is 9.95. The lowest BCUT2D eigenvalue weighted by molar-refractivity contribution is 0.0915. The highest BCUT2D eigenvalue weighted by Gasteiger charge is 2.33. The van der Waals surface area contributed by atoms with Gasteiger partial charge in [-0.2, -0.15) is 10.4 Å². The van der Waals surface area contributed by atoms with Crippen LogP contribution in [-0.4, -0.2) is 49.7 Å². The lowest BCUT2D eigenvalue weighted by Gasteiger charge is -2.37. The van der Waals surface area contributed by atoms with Gasteiger partial charge in [0.25, 0.3) is 0 Å². The van der Waals surface area contributed by atoms with Crippen LogP contribution in [0.1, 0.15) is 25.3 Å². The van der Waals surface area contributed by atoms with E-state index >= 15 is 4.39 Å². The number of pyridine rings is 1. The number of likely N-dealkylation sites (tertiary alicyclic amines) is 1. The summed E-state index contributed by atoms with van der Waals surface area (Å²) in [6.07, 6.45) is 3.78. The maximum atomic E-state index is 15.0. The standard InChI is InChI=1S/C19H16BrFIN5O2S/c1-30-18-12-8-24-27(10-3-5-26(19(28)29)9(6-10)2-4-23)17(12)11-7-13(22)14(20)15(21)16(11)25-18/h7-10H,2-3,5-6H2,1H3,(H,28,29)/t9-,10+/m1/s1. The molecule has 3 heterocycles. The van der Waals surface area contributed by atoms with Gasteiger partial charge in [-0.15, -0.1) is 11.8 Å². The van der Waals surface area contributed by atoms with Gasteiger partial charge >= 0.3 is 6.09 Å². The molecule has 1 aliphatic heterocycles. The third kappa shape index (κ3) is 3.52. The van der Waals surface area contributed by atoms with Crippen LogP contribution in [-0.2, 0) is 0 Å². The van der Waals surface area contributed by atoms with Crippen molar-refractivity contribution in [1.29, 1.82) is 5.26 Å². The number of hydrogen-bond acceptors (Lipinski definition) is 5. The summed E-state index contributed by atoms with van der Waals surface area (Å²) < 4.78 is 18.0. The molecule has 1 aliphatic rings. The second-order valence-corrected chi connectivity index (χ2v) is 9.78. The number of nitrogens with zero attached hydrogens (tertiary/aromatic N) is 5. The number of amides is 1. The number of rotatable bonds is 3.